The smallest absolute Gasteiger partial charge is 0.196 e. The Kier molecular flexibility index (Phi) is 2.39. The molecular formula is C12H17N3. The standard InChI is InChI=1S/C12H17N3/c1-12(2,3)15-11-13-8-9-6-4-5-7-10(9)14-11/h4-7H,8H2,1-3H3,(H2,13,14,15). The summed E-state index contributed by atoms with van der Waals surface area (Å²) in [5, 5.41) is 6.63. The molecule has 0 saturated carbocycles. The predicted molar refractivity (Wildman–Crippen MR) is 64.1 cm³/mol. The number of benzene rings is 1. The second-order valence-electron chi connectivity index (χ2n) is 4.82. The van der Waals surface area contributed by atoms with Crippen LogP contribution in [0.15, 0.2) is 29.3 Å². The number of guanidine groups is 1. The van der Waals surface area contributed by atoms with E-state index in [0.29, 0.717) is 0 Å². The van der Waals surface area contributed by atoms with Crippen LogP contribution in [0, 0.1) is 0 Å². The summed E-state index contributed by atoms with van der Waals surface area (Å²) >= 11 is 0. The fourth-order valence-electron chi connectivity index (χ4n) is 1.54. The van der Waals surface area contributed by atoms with E-state index in [4.69, 9.17) is 0 Å². The second kappa shape index (κ2) is 3.57. The lowest BCUT2D eigenvalue weighted by Crippen LogP contribution is -2.45. The molecule has 1 aliphatic rings. The Labute approximate surface area is 90.6 Å². The average molecular weight is 203 g/mol. The zero-order chi connectivity index (χ0) is 10.9. The zero-order valence-corrected chi connectivity index (χ0v) is 9.46. The third kappa shape index (κ3) is 2.49. The van der Waals surface area contributed by atoms with E-state index in [1.807, 2.05) is 12.1 Å². The number of hydrogen-bond acceptors (Lipinski definition) is 3. The van der Waals surface area contributed by atoms with E-state index in [1.54, 1.807) is 0 Å². The summed E-state index contributed by atoms with van der Waals surface area (Å²) in [6.45, 7) is 7.12. The molecule has 1 aliphatic heterocycles. The van der Waals surface area contributed by atoms with Crippen LogP contribution in [-0.2, 0) is 6.54 Å². The summed E-state index contributed by atoms with van der Waals surface area (Å²) in [6.07, 6.45) is 0. The molecule has 0 fully saturated rings. The Morgan fingerprint density at radius 3 is 2.73 bits per heavy atom. The van der Waals surface area contributed by atoms with Gasteiger partial charge in [0, 0.05) is 11.2 Å². The molecule has 80 valence electrons. The van der Waals surface area contributed by atoms with Crippen molar-refractivity contribution in [3.63, 3.8) is 0 Å². The SMILES string of the molecule is CC(C)(C)NC1=NCc2ccccc2N1. The van der Waals surface area contributed by atoms with Gasteiger partial charge < -0.3 is 10.6 Å². The third-order valence-corrected chi connectivity index (χ3v) is 2.17. The molecule has 0 saturated heterocycles. The molecule has 0 spiro atoms. The largest absolute Gasteiger partial charge is 0.352 e. The number of nitrogens with one attached hydrogen (secondary N) is 2. The summed E-state index contributed by atoms with van der Waals surface area (Å²) in [4.78, 5) is 4.45. The summed E-state index contributed by atoms with van der Waals surface area (Å²) < 4.78 is 0. The molecule has 0 radical (unpaired) electrons. The molecule has 2 rings (SSSR count). The number of aliphatic imine (C=N–C) groups is 1. The summed E-state index contributed by atoms with van der Waals surface area (Å²) in [5.41, 5.74) is 2.44. The molecule has 0 amide bonds. The summed E-state index contributed by atoms with van der Waals surface area (Å²) in [6, 6.07) is 8.25. The number of fused-ring (bicyclic) bond motifs is 1. The van der Waals surface area contributed by atoms with Crippen molar-refractivity contribution in [3.8, 4) is 0 Å². The molecule has 0 bridgehead atoms. The topological polar surface area (TPSA) is 36.4 Å². The van der Waals surface area contributed by atoms with Crippen molar-refractivity contribution < 1.29 is 0 Å². The highest BCUT2D eigenvalue weighted by atomic mass is 15.2. The molecule has 1 aromatic carbocycles. The fraction of sp³-hybridized carbons (Fsp3) is 0.417. The predicted octanol–water partition coefficient (Wildman–Crippen LogP) is 2.36. The van der Waals surface area contributed by atoms with Gasteiger partial charge in [-0.15, -0.1) is 0 Å². The van der Waals surface area contributed by atoms with Crippen molar-refractivity contribution in [2.45, 2.75) is 32.9 Å². The van der Waals surface area contributed by atoms with Crippen LogP contribution < -0.4 is 10.6 Å². The minimum Gasteiger partial charge on any atom is -0.352 e. The Balaban J connectivity index is 2.13. The van der Waals surface area contributed by atoms with Crippen LogP contribution in [0.4, 0.5) is 5.69 Å². The van der Waals surface area contributed by atoms with E-state index < -0.39 is 0 Å². The number of nitrogens with zero attached hydrogens (tertiary/aromatic N) is 1. The van der Waals surface area contributed by atoms with Crippen molar-refractivity contribution in [1.82, 2.24) is 5.32 Å². The molecule has 0 aliphatic carbocycles. The van der Waals surface area contributed by atoms with Gasteiger partial charge in [-0.25, -0.2) is 4.99 Å². The first-order valence-corrected chi connectivity index (χ1v) is 5.22. The van der Waals surface area contributed by atoms with Gasteiger partial charge in [0.15, 0.2) is 5.96 Å². The molecule has 1 aromatic rings. The lowest BCUT2D eigenvalue weighted by atomic mass is 10.1. The van der Waals surface area contributed by atoms with E-state index in [1.165, 1.54) is 5.56 Å². The van der Waals surface area contributed by atoms with Crippen LogP contribution in [0.1, 0.15) is 26.3 Å². The van der Waals surface area contributed by atoms with Gasteiger partial charge in [0.1, 0.15) is 0 Å². The van der Waals surface area contributed by atoms with Gasteiger partial charge >= 0.3 is 0 Å². The van der Waals surface area contributed by atoms with Crippen molar-refractivity contribution in [1.29, 1.82) is 0 Å². The van der Waals surface area contributed by atoms with Gasteiger partial charge in [-0.1, -0.05) is 18.2 Å². The molecule has 2 N–H and O–H groups in total. The van der Waals surface area contributed by atoms with E-state index in [-0.39, 0.29) is 5.54 Å². The van der Waals surface area contributed by atoms with E-state index >= 15 is 0 Å². The fourth-order valence-corrected chi connectivity index (χ4v) is 1.54. The van der Waals surface area contributed by atoms with Crippen molar-refractivity contribution in [2.24, 2.45) is 4.99 Å². The lowest BCUT2D eigenvalue weighted by molar-refractivity contribution is 0.509. The van der Waals surface area contributed by atoms with E-state index in [2.05, 4.69) is 48.5 Å². The molecule has 0 atom stereocenters. The van der Waals surface area contributed by atoms with Crippen molar-refractivity contribution in [3.05, 3.63) is 29.8 Å². The highest BCUT2D eigenvalue weighted by molar-refractivity contribution is 5.96. The van der Waals surface area contributed by atoms with Gasteiger partial charge in [0.05, 0.1) is 6.54 Å². The highest BCUT2D eigenvalue weighted by Crippen LogP contribution is 2.19. The van der Waals surface area contributed by atoms with Crippen molar-refractivity contribution in [2.75, 3.05) is 5.32 Å². The Bertz CT molecular complexity index is 388. The third-order valence-electron chi connectivity index (χ3n) is 2.17. The van der Waals surface area contributed by atoms with Crippen LogP contribution in [-0.4, -0.2) is 11.5 Å². The van der Waals surface area contributed by atoms with Crippen LogP contribution >= 0.6 is 0 Å². The maximum atomic E-state index is 4.45. The zero-order valence-electron chi connectivity index (χ0n) is 9.46. The van der Waals surface area contributed by atoms with E-state index in [0.717, 1.165) is 18.2 Å². The lowest BCUT2D eigenvalue weighted by Gasteiger charge is -2.26. The molecule has 3 heteroatoms. The van der Waals surface area contributed by atoms with Gasteiger partial charge in [-0.2, -0.15) is 0 Å². The molecule has 0 unspecified atom stereocenters. The average Bonchev–Trinajstić information content (AvgIpc) is 2.15. The minimum absolute atomic E-state index is 0.0398. The Morgan fingerprint density at radius 2 is 2.00 bits per heavy atom. The summed E-state index contributed by atoms with van der Waals surface area (Å²) in [7, 11) is 0. The monoisotopic (exact) mass is 203 g/mol. The highest BCUT2D eigenvalue weighted by Gasteiger charge is 2.15. The first kappa shape index (κ1) is 10.0. The second-order valence-corrected chi connectivity index (χ2v) is 4.82. The van der Waals surface area contributed by atoms with Crippen LogP contribution in [0.25, 0.3) is 0 Å². The van der Waals surface area contributed by atoms with E-state index in [9.17, 15) is 0 Å². The molecule has 3 nitrogen and oxygen atoms in total. The first-order valence-electron chi connectivity index (χ1n) is 5.22. The Hall–Kier alpha value is -1.51. The number of para-hydroxylation sites is 1. The summed E-state index contributed by atoms with van der Waals surface area (Å²) in [5.74, 6) is 0.862. The van der Waals surface area contributed by atoms with Crippen LogP contribution in [0.5, 0.6) is 0 Å². The molecule has 0 aromatic heterocycles. The normalized spacial score (nSPS) is 15.0. The maximum absolute atomic E-state index is 4.45. The quantitative estimate of drug-likeness (QED) is 0.679. The van der Waals surface area contributed by atoms with Gasteiger partial charge in [0.2, 0.25) is 0 Å². The first-order chi connectivity index (χ1) is 7.04. The van der Waals surface area contributed by atoms with Gasteiger partial charge in [0.25, 0.3) is 0 Å². The number of hydrogen-bond donors (Lipinski definition) is 2. The molecule has 15 heavy (non-hydrogen) atoms. The molecular weight excluding hydrogens is 186 g/mol. The Morgan fingerprint density at radius 1 is 1.27 bits per heavy atom. The minimum atomic E-state index is 0.0398. The number of anilines is 1. The maximum Gasteiger partial charge on any atom is 0.196 e. The number of rotatable bonds is 0. The van der Waals surface area contributed by atoms with Crippen LogP contribution in [0.3, 0.4) is 0 Å². The van der Waals surface area contributed by atoms with Crippen molar-refractivity contribution >= 4 is 11.6 Å². The van der Waals surface area contributed by atoms with Gasteiger partial charge in [-0.05, 0) is 32.4 Å². The molecule has 1 heterocycles. The van der Waals surface area contributed by atoms with Crippen LogP contribution in [0.2, 0.25) is 0 Å². The van der Waals surface area contributed by atoms with Gasteiger partial charge in [-0.3, -0.25) is 0 Å².